The lowest BCUT2D eigenvalue weighted by Gasteiger charge is -2.11. The van der Waals surface area contributed by atoms with E-state index < -0.39 is 0 Å². The highest BCUT2D eigenvalue weighted by Crippen LogP contribution is 2.17. The van der Waals surface area contributed by atoms with Gasteiger partial charge in [0.05, 0.1) is 0 Å². The molecule has 0 amide bonds. The Morgan fingerprint density at radius 3 is 2.17 bits per heavy atom. The van der Waals surface area contributed by atoms with Crippen LogP contribution in [0.5, 0.6) is 0 Å². The Hall–Kier alpha value is -0.260. The second-order valence-corrected chi connectivity index (χ2v) is 4.59. The normalized spacial score (nSPS) is 13.4. The first kappa shape index (κ1) is 11.7. The van der Waals surface area contributed by atoms with Gasteiger partial charge in [-0.3, -0.25) is 0 Å². The van der Waals surface area contributed by atoms with Gasteiger partial charge in [0.15, 0.2) is 0 Å². The second-order valence-electron chi connectivity index (χ2n) is 4.59. The van der Waals surface area contributed by atoms with E-state index in [0.29, 0.717) is 0 Å². The van der Waals surface area contributed by atoms with Crippen molar-refractivity contribution in [3.05, 3.63) is 12.2 Å². The summed E-state index contributed by atoms with van der Waals surface area (Å²) in [5.74, 6) is 1.70. The predicted molar refractivity (Wildman–Crippen MR) is 57.3 cm³/mol. The molecule has 0 heteroatoms. The third-order valence-electron chi connectivity index (χ3n) is 2.18. The molecule has 0 aliphatic heterocycles. The van der Waals surface area contributed by atoms with Crippen LogP contribution in [0.1, 0.15) is 53.4 Å². The van der Waals surface area contributed by atoms with Crippen molar-refractivity contribution >= 4 is 0 Å². The summed E-state index contributed by atoms with van der Waals surface area (Å²) in [7, 11) is 0. The summed E-state index contributed by atoms with van der Waals surface area (Å²) in [5.41, 5.74) is 1.33. The largest absolute Gasteiger partial charge is 0.100 e. The molecule has 0 nitrogen and oxygen atoms in total. The molecule has 0 aliphatic carbocycles. The number of hydrogen-bond donors (Lipinski definition) is 0. The summed E-state index contributed by atoms with van der Waals surface area (Å²) in [4.78, 5) is 0. The van der Waals surface area contributed by atoms with Crippen molar-refractivity contribution in [3.63, 3.8) is 0 Å². The average molecular weight is 168 g/mol. The lowest BCUT2D eigenvalue weighted by molar-refractivity contribution is 0.455. The second kappa shape index (κ2) is 6.28. The SMILES string of the molecule is C=C(C)C[C@H](C)CCCC(C)C. The lowest BCUT2D eigenvalue weighted by Crippen LogP contribution is -1.96. The van der Waals surface area contributed by atoms with Gasteiger partial charge in [0.2, 0.25) is 0 Å². The molecule has 0 bridgehead atoms. The van der Waals surface area contributed by atoms with Gasteiger partial charge in [-0.2, -0.15) is 0 Å². The maximum atomic E-state index is 3.94. The fraction of sp³-hybridized carbons (Fsp3) is 0.833. The van der Waals surface area contributed by atoms with Crippen LogP contribution in [0, 0.1) is 11.8 Å². The Morgan fingerprint density at radius 2 is 1.75 bits per heavy atom. The Bertz CT molecular complexity index is 122. The molecule has 72 valence electrons. The molecule has 0 aromatic carbocycles. The Kier molecular flexibility index (Phi) is 6.14. The first-order chi connectivity index (χ1) is 5.52. The summed E-state index contributed by atoms with van der Waals surface area (Å²) in [6.07, 6.45) is 5.33. The minimum atomic E-state index is 0.834. The van der Waals surface area contributed by atoms with Crippen LogP contribution in [0.25, 0.3) is 0 Å². The van der Waals surface area contributed by atoms with Crippen LogP contribution in [-0.2, 0) is 0 Å². The van der Waals surface area contributed by atoms with Crippen LogP contribution < -0.4 is 0 Å². The molecule has 0 unspecified atom stereocenters. The summed E-state index contributed by atoms with van der Waals surface area (Å²) in [6.45, 7) is 13.0. The highest BCUT2D eigenvalue weighted by molar-refractivity contribution is 4.89. The van der Waals surface area contributed by atoms with E-state index in [-0.39, 0.29) is 0 Å². The van der Waals surface area contributed by atoms with E-state index in [1.54, 1.807) is 0 Å². The highest BCUT2D eigenvalue weighted by atomic mass is 14.1. The van der Waals surface area contributed by atoms with Crippen molar-refractivity contribution in [2.75, 3.05) is 0 Å². The maximum absolute atomic E-state index is 3.94. The molecule has 0 aromatic heterocycles. The quantitative estimate of drug-likeness (QED) is 0.515. The highest BCUT2D eigenvalue weighted by Gasteiger charge is 2.02. The van der Waals surface area contributed by atoms with Gasteiger partial charge in [-0.15, -0.1) is 6.58 Å². The van der Waals surface area contributed by atoms with Crippen LogP contribution in [0.4, 0.5) is 0 Å². The van der Waals surface area contributed by atoms with Crippen molar-refractivity contribution in [1.82, 2.24) is 0 Å². The van der Waals surface area contributed by atoms with E-state index in [0.717, 1.165) is 11.8 Å². The van der Waals surface area contributed by atoms with Gasteiger partial charge in [-0.05, 0) is 25.2 Å². The average Bonchev–Trinajstić information content (AvgIpc) is 1.84. The minimum absolute atomic E-state index is 0.834. The third-order valence-corrected chi connectivity index (χ3v) is 2.18. The predicted octanol–water partition coefficient (Wildman–Crippen LogP) is 4.42. The Labute approximate surface area is 78.1 Å². The van der Waals surface area contributed by atoms with Gasteiger partial charge in [0, 0.05) is 0 Å². The van der Waals surface area contributed by atoms with E-state index in [2.05, 4.69) is 34.3 Å². The van der Waals surface area contributed by atoms with E-state index in [9.17, 15) is 0 Å². The molecule has 0 saturated carbocycles. The molecule has 12 heavy (non-hydrogen) atoms. The molecule has 0 radical (unpaired) electrons. The van der Waals surface area contributed by atoms with Crippen molar-refractivity contribution in [2.45, 2.75) is 53.4 Å². The molecule has 0 heterocycles. The summed E-state index contributed by atoms with van der Waals surface area (Å²) in [6, 6.07) is 0. The molecule has 0 aromatic rings. The number of allylic oxidation sites excluding steroid dienone is 1. The van der Waals surface area contributed by atoms with Gasteiger partial charge in [0.1, 0.15) is 0 Å². The van der Waals surface area contributed by atoms with Crippen molar-refractivity contribution in [2.24, 2.45) is 11.8 Å². The maximum Gasteiger partial charge on any atom is -0.0300 e. The van der Waals surface area contributed by atoms with Gasteiger partial charge in [-0.25, -0.2) is 0 Å². The van der Waals surface area contributed by atoms with Gasteiger partial charge >= 0.3 is 0 Å². The monoisotopic (exact) mass is 168 g/mol. The zero-order chi connectivity index (χ0) is 9.56. The first-order valence-electron chi connectivity index (χ1n) is 5.16. The van der Waals surface area contributed by atoms with Crippen LogP contribution >= 0.6 is 0 Å². The van der Waals surface area contributed by atoms with Gasteiger partial charge in [0.25, 0.3) is 0 Å². The number of rotatable bonds is 6. The fourth-order valence-corrected chi connectivity index (χ4v) is 1.57. The van der Waals surface area contributed by atoms with Crippen molar-refractivity contribution in [3.8, 4) is 0 Å². The van der Waals surface area contributed by atoms with E-state index in [1.807, 2.05) is 0 Å². The Balaban J connectivity index is 3.31. The zero-order valence-corrected chi connectivity index (χ0v) is 9.19. The molecule has 0 fully saturated rings. The van der Waals surface area contributed by atoms with Crippen molar-refractivity contribution < 1.29 is 0 Å². The summed E-state index contributed by atoms with van der Waals surface area (Å²) >= 11 is 0. The van der Waals surface area contributed by atoms with Crippen LogP contribution in [0.15, 0.2) is 12.2 Å². The molecule has 0 aliphatic rings. The molecule has 0 rings (SSSR count). The molecule has 0 saturated heterocycles. The van der Waals surface area contributed by atoms with Gasteiger partial charge in [-0.1, -0.05) is 45.6 Å². The van der Waals surface area contributed by atoms with Crippen LogP contribution in [0.2, 0.25) is 0 Å². The van der Waals surface area contributed by atoms with Crippen LogP contribution in [-0.4, -0.2) is 0 Å². The topological polar surface area (TPSA) is 0 Å². The molecular weight excluding hydrogens is 144 g/mol. The molecule has 0 N–H and O–H groups in total. The molecule has 0 spiro atoms. The molecule has 1 atom stereocenters. The fourth-order valence-electron chi connectivity index (χ4n) is 1.57. The van der Waals surface area contributed by atoms with Gasteiger partial charge < -0.3 is 0 Å². The Morgan fingerprint density at radius 1 is 1.17 bits per heavy atom. The zero-order valence-electron chi connectivity index (χ0n) is 9.19. The van der Waals surface area contributed by atoms with E-state index >= 15 is 0 Å². The standard InChI is InChI=1S/C12H24/c1-10(2)7-6-8-12(5)9-11(3)4/h10,12H,3,6-9H2,1-2,4-5H3/t12-/m1/s1. The summed E-state index contributed by atoms with van der Waals surface area (Å²) in [5, 5.41) is 0. The third kappa shape index (κ3) is 7.84. The first-order valence-corrected chi connectivity index (χ1v) is 5.16. The number of hydrogen-bond acceptors (Lipinski definition) is 0. The van der Waals surface area contributed by atoms with Crippen molar-refractivity contribution in [1.29, 1.82) is 0 Å². The van der Waals surface area contributed by atoms with E-state index in [1.165, 1.54) is 31.3 Å². The van der Waals surface area contributed by atoms with E-state index in [4.69, 9.17) is 0 Å². The summed E-state index contributed by atoms with van der Waals surface area (Å²) < 4.78 is 0. The smallest absolute Gasteiger partial charge is 0.0300 e. The minimum Gasteiger partial charge on any atom is -0.100 e. The molecular formula is C12H24. The lowest BCUT2D eigenvalue weighted by atomic mass is 9.95. The van der Waals surface area contributed by atoms with Crippen LogP contribution in [0.3, 0.4) is 0 Å².